The minimum Gasteiger partial charge on any atom is -0.472 e. The Hall–Kier alpha value is -1.61. The number of nitrogens with one attached hydrogen (secondary N) is 1. The van der Waals surface area contributed by atoms with E-state index < -0.39 is 0 Å². The summed E-state index contributed by atoms with van der Waals surface area (Å²) in [5.41, 5.74) is 3.47. The number of aromatic nitrogens is 1. The van der Waals surface area contributed by atoms with Crippen LogP contribution in [-0.4, -0.2) is 11.5 Å². The first kappa shape index (κ1) is 11.9. The third-order valence-corrected chi connectivity index (χ3v) is 2.81. The summed E-state index contributed by atoms with van der Waals surface area (Å²) in [4.78, 5) is 4.35. The molecular formula is C14H18N2O. The van der Waals surface area contributed by atoms with Crippen molar-refractivity contribution in [2.45, 2.75) is 26.3 Å². The maximum Gasteiger partial charge on any atom is 0.0935 e. The molecule has 0 aromatic carbocycles. The van der Waals surface area contributed by atoms with Gasteiger partial charge in [-0.2, -0.15) is 0 Å². The van der Waals surface area contributed by atoms with Crippen LogP contribution in [-0.2, 0) is 6.42 Å². The van der Waals surface area contributed by atoms with Crippen LogP contribution in [0.4, 0.5) is 0 Å². The molecule has 0 aliphatic carbocycles. The summed E-state index contributed by atoms with van der Waals surface area (Å²) in [7, 11) is 0. The Balaban J connectivity index is 2.13. The lowest BCUT2D eigenvalue weighted by Gasteiger charge is -2.17. The predicted molar refractivity (Wildman–Crippen MR) is 67.8 cm³/mol. The summed E-state index contributed by atoms with van der Waals surface area (Å²) in [5, 5.41) is 3.47. The van der Waals surface area contributed by atoms with E-state index in [4.69, 9.17) is 4.42 Å². The Bertz CT molecular complexity index is 434. The molecule has 0 radical (unpaired) electrons. The van der Waals surface area contributed by atoms with Crippen LogP contribution in [0.15, 0.2) is 41.3 Å². The first-order chi connectivity index (χ1) is 8.29. The van der Waals surface area contributed by atoms with Crippen LogP contribution < -0.4 is 5.32 Å². The average molecular weight is 230 g/mol. The van der Waals surface area contributed by atoms with Crippen molar-refractivity contribution in [3.8, 4) is 0 Å². The minimum absolute atomic E-state index is 0.297. The number of pyridine rings is 1. The van der Waals surface area contributed by atoms with Crippen molar-refractivity contribution in [3.63, 3.8) is 0 Å². The molecule has 3 nitrogen and oxygen atoms in total. The Kier molecular flexibility index (Phi) is 3.94. The molecule has 0 saturated heterocycles. The van der Waals surface area contributed by atoms with Crippen molar-refractivity contribution >= 4 is 0 Å². The molecule has 90 valence electrons. The summed E-state index contributed by atoms with van der Waals surface area (Å²) in [6.45, 7) is 5.06. The Morgan fingerprint density at radius 2 is 2.24 bits per heavy atom. The lowest BCUT2D eigenvalue weighted by Crippen LogP contribution is -2.23. The van der Waals surface area contributed by atoms with Gasteiger partial charge in [-0.1, -0.05) is 13.0 Å². The molecule has 2 aromatic heterocycles. The van der Waals surface area contributed by atoms with E-state index in [0.717, 1.165) is 18.7 Å². The van der Waals surface area contributed by atoms with Gasteiger partial charge < -0.3 is 9.73 Å². The quantitative estimate of drug-likeness (QED) is 0.858. The third kappa shape index (κ3) is 3.17. The minimum atomic E-state index is 0.297. The first-order valence-electron chi connectivity index (χ1n) is 5.96. The lowest BCUT2D eigenvalue weighted by molar-refractivity contribution is 0.533. The summed E-state index contributed by atoms with van der Waals surface area (Å²) in [6.07, 6.45) is 6.38. The SMILES string of the molecule is CCNC(Cc1ccoc1)c1ccc(C)nc1. The highest BCUT2D eigenvalue weighted by Gasteiger charge is 2.11. The predicted octanol–water partition coefficient (Wildman–Crippen LogP) is 2.88. The Labute approximate surface area is 102 Å². The fourth-order valence-electron chi connectivity index (χ4n) is 1.88. The molecule has 3 heteroatoms. The molecule has 2 heterocycles. The normalized spacial score (nSPS) is 12.6. The number of hydrogen-bond donors (Lipinski definition) is 1. The number of likely N-dealkylation sites (N-methyl/N-ethyl adjacent to an activating group) is 1. The number of rotatable bonds is 5. The van der Waals surface area contributed by atoms with Crippen LogP contribution in [0.1, 0.15) is 29.8 Å². The van der Waals surface area contributed by atoms with Crippen molar-refractivity contribution in [3.05, 3.63) is 53.7 Å². The van der Waals surface area contributed by atoms with Gasteiger partial charge >= 0.3 is 0 Å². The average Bonchev–Trinajstić information content (AvgIpc) is 2.82. The standard InChI is InChI=1S/C14H18N2O/c1-3-15-14(8-12-6-7-17-10-12)13-5-4-11(2)16-9-13/h4-7,9-10,14-15H,3,8H2,1-2H3. The molecule has 0 amide bonds. The molecule has 0 fully saturated rings. The van der Waals surface area contributed by atoms with Gasteiger partial charge in [-0.3, -0.25) is 4.98 Å². The molecule has 2 rings (SSSR count). The monoisotopic (exact) mass is 230 g/mol. The zero-order valence-corrected chi connectivity index (χ0v) is 10.3. The summed E-state index contributed by atoms with van der Waals surface area (Å²) >= 11 is 0. The number of nitrogens with zero attached hydrogens (tertiary/aromatic N) is 1. The molecule has 1 unspecified atom stereocenters. The van der Waals surface area contributed by atoms with Crippen LogP contribution in [0.2, 0.25) is 0 Å². The van der Waals surface area contributed by atoms with E-state index in [0.29, 0.717) is 6.04 Å². The van der Waals surface area contributed by atoms with Gasteiger partial charge in [0.1, 0.15) is 0 Å². The molecule has 0 spiro atoms. The Morgan fingerprint density at radius 1 is 1.35 bits per heavy atom. The van der Waals surface area contributed by atoms with E-state index in [2.05, 4.69) is 29.4 Å². The Morgan fingerprint density at radius 3 is 2.82 bits per heavy atom. The zero-order valence-electron chi connectivity index (χ0n) is 10.3. The fraction of sp³-hybridized carbons (Fsp3) is 0.357. The van der Waals surface area contributed by atoms with Gasteiger partial charge in [0.15, 0.2) is 0 Å². The van der Waals surface area contributed by atoms with E-state index in [1.54, 1.807) is 12.5 Å². The van der Waals surface area contributed by atoms with Crippen LogP contribution in [0.3, 0.4) is 0 Å². The highest BCUT2D eigenvalue weighted by Crippen LogP contribution is 2.18. The molecule has 1 N–H and O–H groups in total. The van der Waals surface area contributed by atoms with Gasteiger partial charge in [-0.05, 0) is 43.1 Å². The fourth-order valence-corrected chi connectivity index (χ4v) is 1.88. The van der Waals surface area contributed by atoms with E-state index in [1.165, 1.54) is 11.1 Å². The highest BCUT2D eigenvalue weighted by molar-refractivity contribution is 5.20. The maximum atomic E-state index is 5.11. The maximum absolute atomic E-state index is 5.11. The second kappa shape index (κ2) is 5.64. The zero-order chi connectivity index (χ0) is 12.1. The molecular weight excluding hydrogens is 212 g/mol. The summed E-state index contributed by atoms with van der Waals surface area (Å²) in [6, 6.07) is 6.49. The number of aryl methyl sites for hydroxylation is 1. The second-order valence-corrected chi connectivity index (χ2v) is 4.18. The number of hydrogen-bond acceptors (Lipinski definition) is 3. The van der Waals surface area contributed by atoms with Crippen molar-refractivity contribution in [1.82, 2.24) is 10.3 Å². The van der Waals surface area contributed by atoms with Crippen LogP contribution in [0, 0.1) is 6.92 Å². The van der Waals surface area contributed by atoms with E-state index in [1.807, 2.05) is 19.2 Å². The summed E-state index contributed by atoms with van der Waals surface area (Å²) in [5.74, 6) is 0. The molecule has 0 aliphatic heterocycles. The van der Waals surface area contributed by atoms with E-state index in [9.17, 15) is 0 Å². The second-order valence-electron chi connectivity index (χ2n) is 4.18. The van der Waals surface area contributed by atoms with Crippen molar-refractivity contribution in [2.24, 2.45) is 0 Å². The molecule has 1 atom stereocenters. The van der Waals surface area contributed by atoms with Gasteiger partial charge in [0.2, 0.25) is 0 Å². The third-order valence-electron chi connectivity index (χ3n) is 2.81. The smallest absolute Gasteiger partial charge is 0.0935 e. The molecule has 0 bridgehead atoms. The molecule has 0 aliphatic rings. The highest BCUT2D eigenvalue weighted by atomic mass is 16.3. The van der Waals surface area contributed by atoms with Crippen LogP contribution >= 0.6 is 0 Å². The van der Waals surface area contributed by atoms with Crippen molar-refractivity contribution in [2.75, 3.05) is 6.54 Å². The van der Waals surface area contributed by atoms with Crippen molar-refractivity contribution < 1.29 is 4.42 Å². The van der Waals surface area contributed by atoms with Gasteiger partial charge in [0.25, 0.3) is 0 Å². The topological polar surface area (TPSA) is 38.1 Å². The van der Waals surface area contributed by atoms with Gasteiger partial charge in [0, 0.05) is 17.9 Å². The van der Waals surface area contributed by atoms with Gasteiger partial charge in [-0.15, -0.1) is 0 Å². The van der Waals surface area contributed by atoms with E-state index >= 15 is 0 Å². The van der Waals surface area contributed by atoms with Crippen LogP contribution in [0.5, 0.6) is 0 Å². The van der Waals surface area contributed by atoms with Crippen LogP contribution in [0.25, 0.3) is 0 Å². The molecule has 2 aromatic rings. The largest absolute Gasteiger partial charge is 0.472 e. The molecule has 0 saturated carbocycles. The first-order valence-corrected chi connectivity index (χ1v) is 5.96. The van der Waals surface area contributed by atoms with Gasteiger partial charge in [-0.25, -0.2) is 0 Å². The van der Waals surface area contributed by atoms with Crippen molar-refractivity contribution in [1.29, 1.82) is 0 Å². The summed E-state index contributed by atoms with van der Waals surface area (Å²) < 4.78 is 5.11. The molecule has 17 heavy (non-hydrogen) atoms. The lowest BCUT2D eigenvalue weighted by atomic mass is 10.0. The van der Waals surface area contributed by atoms with Gasteiger partial charge in [0.05, 0.1) is 12.5 Å². The number of furan rings is 1. The van der Waals surface area contributed by atoms with E-state index in [-0.39, 0.29) is 0 Å².